The molecule has 2 amide bonds. The van der Waals surface area contributed by atoms with Crippen molar-refractivity contribution in [2.24, 2.45) is 0 Å². The lowest BCUT2D eigenvalue weighted by Crippen LogP contribution is -2.29. The first-order chi connectivity index (χ1) is 8.22. The van der Waals surface area contributed by atoms with Gasteiger partial charge in [-0.2, -0.15) is 0 Å². The van der Waals surface area contributed by atoms with E-state index in [-0.39, 0.29) is 12.0 Å². The van der Waals surface area contributed by atoms with E-state index in [2.05, 4.69) is 20.3 Å². The number of nitrogens with one attached hydrogen (secondary N) is 3. The van der Waals surface area contributed by atoms with Crippen molar-refractivity contribution in [3.05, 3.63) is 12.0 Å². The summed E-state index contributed by atoms with van der Waals surface area (Å²) in [4.78, 5) is 14.6. The Morgan fingerprint density at radius 1 is 1.59 bits per heavy atom. The molecule has 0 unspecified atom stereocenters. The van der Waals surface area contributed by atoms with Crippen LogP contribution in [0.4, 0.5) is 10.8 Å². The zero-order chi connectivity index (χ0) is 12.5. The van der Waals surface area contributed by atoms with Gasteiger partial charge in [0.25, 0.3) is 6.01 Å². The van der Waals surface area contributed by atoms with E-state index in [1.165, 1.54) is 11.9 Å². The van der Waals surface area contributed by atoms with Gasteiger partial charge in [-0.1, -0.05) is 0 Å². The number of carbonyl (C=O) groups excluding carboxylic acids is 1. The fourth-order valence-electron chi connectivity index (χ4n) is 1.07. The van der Waals surface area contributed by atoms with E-state index in [1.807, 2.05) is 0 Å². The van der Waals surface area contributed by atoms with Crippen molar-refractivity contribution in [2.75, 3.05) is 31.6 Å². The second kappa shape index (κ2) is 7.80. The van der Waals surface area contributed by atoms with Gasteiger partial charge in [0.05, 0.1) is 6.20 Å². The van der Waals surface area contributed by atoms with E-state index in [0.29, 0.717) is 0 Å². The van der Waals surface area contributed by atoms with Crippen LogP contribution in [0.2, 0.25) is 0 Å². The number of nitrogens with zero attached hydrogens (tertiary/aromatic N) is 1. The summed E-state index contributed by atoms with van der Waals surface area (Å²) in [5, 5.41) is 5.68. The number of aromatic nitrogens is 1. The highest BCUT2D eigenvalue weighted by Crippen LogP contribution is 2.04. The summed E-state index contributed by atoms with van der Waals surface area (Å²) in [6.07, 6.45) is 2.37. The lowest BCUT2D eigenvalue weighted by atomic mass is 10.3. The molecular weight excluding hydrogens is 242 g/mol. The predicted octanol–water partition coefficient (Wildman–Crippen LogP) is -0.0339. The first-order valence-electron chi connectivity index (χ1n) is 5.22. The summed E-state index contributed by atoms with van der Waals surface area (Å²) in [5.41, 5.74) is 5.34. The van der Waals surface area contributed by atoms with Crippen molar-refractivity contribution < 1.29 is 9.21 Å². The molecule has 0 radical (unpaired) electrons. The highest BCUT2D eigenvalue weighted by molar-refractivity contribution is 7.97. The Labute approximate surface area is 104 Å². The Balaban J connectivity index is 1.93. The third kappa shape index (κ3) is 6.03. The molecule has 0 aliphatic heterocycles. The molecule has 0 aliphatic rings. The van der Waals surface area contributed by atoms with Crippen LogP contribution in [0.25, 0.3) is 0 Å². The number of nitrogen functional groups attached to an aromatic ring is 1. The molecule has 0 aliphatic carbocycles. The molecule has 1 rings (SSSR count). The molecule has 0 fully saturated rings. The summed E-state index contributed by atoms with van der Waals surface area (Å²) in [6.45, 7) is 1.59. The molecule has 17 heavy (non-hydrogen) atoms. The summed E-state index contributed by atoms with van der Waals surface area (Å²) in [5.74, 6) is 1.57. The number of hydrogen-bond donors (Lipinski definition) is 4. The van der Waals surface area contributed by atoms with Gasteiger partial charge in [0.15, 0.2) is 0 Å². The molecule has 0 saturated heterocycles. The van der Waals surface area contributed by atoms with Crippen LogP contribution < -0.4 is 21.1 Å². The van der Waals surface area contributed by atoms with Crippen LogP contribution in [0.5, 0.6) is 0 Å². The summed E-state index contributed by atoms with van der Waals surface area (Å²) >= 11 is 1.36. The van der Waals surface area contributed by atoms with Crippen LogP contribution in [0.3, 0.4) is 0 Å². The number of rotatable bonds is 7. The topological polar surface area (TPSA) is 105 Å². The minimum atomic E-state index is -0.188. The van der Waals surface area contributed by atoms with Crippen LogP contribution in [-0.2, 0) is 6.42 Å². The molecule has 96 valence electrons. The van der Waals surface area contributed by atoms with Gasteiger partial charge < -0.3 is 20.8 Å². The van der Waals surface area contributed by atoms with Gasteiger partial charge in [-0.3, -0.25) is 4.72 Å². The maximum absolute atomic E-state index is 10.8. The van der Waals surface area contributed by atoms with Gasteiger partial charge in [-0.25, -0.2) is 9.78 Å². The average molecular weight is 259 g/mol. The van der Waals surface area contributed by atoms with Crippen LogP contribution in [0.1, 0.15) is 5.76 Å². The average Bonchev–Trinajstić information content (AvgIpc) is 2.73. The van der Waals surface area contributed by atoms with E-state index in [9.17, 15) is 4.79 Å². The molecule has 0 bridgehead atoms. The number of carbonyl (C=O) groups is 1. The maximum atomic E-state index is 10.8. The number of anilines is 1. The summed E-state index contributed by atoms with van der Waals surface area (Å²) in [7, 11) is 1.58. The maximum Gasteiger partial charge on any atom is 0.324 e. The number of oxazole rings is 1. The molecule has 1 aromatic rings. The highest BCUT2D eigenvalue weighted by Gasteiger charge is 1.99. The van der Waals surface area contributed by atoms with Crippen molar-refractivity contribution in [3.63, 3.8) is 0 Å². The lowest BCUT2D eigenvalue weighted by Gasteiger charge is -2.04. The number of urea groups is 1. The zero-order valence-corrected chi connectivity index (χ0v) is 10.5. The van der Waals surface area contributed by atoms with Gasteiger partial charge in [0.1, 0.15) is 5.76 Å². The normalized spacial score (nSPS) is 10.2. The van der Waals surface area contributed by atoms with Gasteiger partial charge in [0, 0.05) is 32.3 Å². The quantitative estimate of drug-likeness (QED) is 0.405. The first kappa shape index (κ1) is 13.7. The van der Waals surface area contributed by atoms with Crippen molar-refractivity contribution in [3.8, 4) is 0 Å². The Morgan fingerprint density at radius 3 is 3.06 bits per heavy atom. The third-order valence-electron chi connectivity index (χ3n) is 1.89. The predicted molar refractivity (Wildman–Crippen MR) is 67.5 cm³/mol. The third-order valence-corrected chi connectivity index (χ3v) is 2.63. The number of hydrogen-bond acceptors (Lipinski definition) is 6. The highest BCUT2D eigenvalue weighted by atomic mass is 32.2. The van der Waals surface area contributed by atoms with Crippen molar-refractivity contribution >= 4 is 24.0 Å². The molecular formula is C9H17N5O2S. The second-order valence-corrected chi connectivity index (χ2v) is 4.10. The van der Waals surface area contributed by atoms with Gasteiger partial charge in [0.2, 0.25) is 0 Å². The van der Waals surface area contributed by atoms with E-state index in [1.54, 1.807) is 13.2 Å². The van der Waals surface area contributed by atoms with Gasteiger partial charge >= 0.3 is 6.03 Å². The zero-order valence-electron chi connectivity index (χ0n) is 9.66. The molecule has 0 saturated carbocycles. The van der Waals surface area contributed by atoms with E-state index in [4.69, 9.17) is 10.2 Å². The van der Waals surface area contributed by atoms with Crippen molar-refractivity contribution in [2.45, 2.75) is 6.42 Å². The van der Waals surface area contributed by atoms with E-state index in [0.717, 1.165) is 31.0 Å². The van der Waals surface area contributed by atoms with Crippen LogP contribution in [-0.4, -0.2) is 36.9 Å². The van der Waals surface area contributed by atoms with Crippen molar-refractivity contribution in [1.82, 2.24) is 20.3 Å². The monoisotopic (exact) mass is 259 g/mol. The minimum absolute atomic E-state index is 0.188. The lowest BCUT2D eigenvalue weighted by molar-refractivity contribution is 0.248. The molecule has 1 aromatic heterocycles. The molecule has 0 aromatic carbocycles. The standard InChI is InChI=1S/C9H17N5O2S/c1-11-9(15)14-17-5-4-12-3-2-7-6-13-8(10)16-7/h6,12H,2-5H2,1H3,(H2,10,13)(H2,11,14,15). The second-order valence-electron chi connectivity index (χ2n) is 3.19. The fraction of sp³-hybridized carbons (Fsp3) is 0.556. The fourth-order valence-corrected chi connectivity index (χ4v) is 1.65. The van der Waals surface area contributed by atoms with Crippen LogP contribution >= 0.6 is 11.9 Å². The first-order valence-corrected chi connectivity index (χ1v) is 6.21. The molecule has 1 heterocycles. The largest absolute Gasteiger partial charge is 0.429 e. The van der Waals surface area contributed by atoms with Crippen molar-refractivity contribution in [1.29, 1.82) is 0 Å². The Hall–Kier alpha value is -1.41. The summed E-state index contributed by atoms with van der Waals surface area (Å²) < 4.78 is 7.74. The SMILES string of the molecule is CNC(=O)NSCCNCCc1cnc(N)o1. The summed E-state index contributed by atoms with van der Waals surface area (Å²) in [6, 6.07) is 0.0115. The van der Waals surface area contributed by atoms with Gasteiger partial charge in [-0.15, -0.1) is 0 Å². The molecule has 0 atom stereocenters. The molecule has 7 nitrogen and oxygen atoms in total. The minimum Gasteiger partial charge on any atom is -0.429 e. The van der Waals surface area contributed by atoms with E-state index < -0.39 is 0 Å². The Bertz CT molecular complexity index is 344. The molecule has 0 spiro atoms. The smallest absolute Gasteiger partial charge is 0.324 e. The molecule has 8 heteroatoms. The Kier molecular flexibility index (Phi) is 6.26. The van der Waals surface area contributed by atoms with Gasteiger partial charge in [-0.05, 0) is 11.9 Å². The van der Waals surface area contributed by atoms with E-state index >= 15 is 0 Å². The number of nitrogens with two attached hydrogens (primary N) is 1. The van der Waals surface area contributed by atoms with Crippen LogP contribution in [0, 0.1) is 0 Å². The van der Waals surface area contributed by atoms with Crippen LogP contribution in [0.15, 0.2) is 10.6 Å². The number of amides is 2. The Morgan fingerprint density at radius 2 is 2.41 bits per heavy atom. The molecule has 5 N–H and O–H groups in total.